The van der Waals surface area contributed by atoms with Gasteiger partial charge in [-0.15, -0.1) is 0 Å². The number of carbonyl (C=O) groups excluding carboxylic acids is 1. The van der Waals surface area contributed by atoms with Crippen LogP contribution < -0.4 is 4.90 Å². The van der Waals surface area contributed by atoms with Gasteiger partial charge in [-0.1, -0.05) is 11.6 Å². The number of fused-ring (bicyclic) bond motifs is 2. The molecule has 0 saturated carbocycles. The molecule has 35 heavy (non-hydrogen) atoms. The highest BCUT2D eigenvalue weighted by Crippen LogP contribution is 2.43. The number of hydrogen-bond donors (Lipinski definition) is 1. The number of anilines is 1. The van der Waals surface area contributed by atoms with Crippen molar-refractivity contribution in [3.05, 3.63) is 35.2 Å². The fourth-order valence-electron chi connectivity index (χ4n) is 4.32. The molecule has 1 amide bonds. The number of phenols is 1. The van der Waals surface area contributed by atoms with Crippen LogP contribution in [0, 0.1) is 5.82 Å². The van der Waals surface area contributed by atoms with Gasteiger partial charge in [-0.05, 0) is 50.5 Å². The molecule has 0 atom stereocenters. The number of aryl methyl sites for hydroxylation is 1. The molecule has 2 aromatic heterocycles. The molecule has 0 spiro atoms. The molecule has 8 nitrogen and oxygen atoms in total. The second kappa shape index (κ2) is 8.53. The first kappa shape index (κ1) is 23.6. The highest BCUT2D eigenvalue weighted by atomic mass is 35.5. The van der Waals surface area contributed by atoms with Gasteiger partial charge in [-0.3, -0.25) is 4.68 Å². The molecule has 1 aliphatic rings. The van der Waals surface area contributed by atoms with Crippen molar-refractivity contribution in [2.75, 3.05) is 31.1 Å². The van der Waals surface area contributed by atoms with Crippen molar-refractivity contribution >= 4 is 56.0 Å². The van der Waals surface area contributed by atoms with Crippen molar-refractivity contribution < 1.29 is 19.0 Å². The summed E-state index contributed by atoms with van der Waals surface area (Å²) in [5.41, 5.74) is 0.770. The Morgan fingerprint density at radius 3 is 2.57 bits per heavy atom. The maximum Gasteiger partial charge on any atom is 0.410 e. The fourth-order valence-corrected chi connectivity index (χ4v) is 5.52. The molecule has 1 fully saturated rings. The molecule has 0 radical (unpaired) electrons. The molecule has 11 heteroatoms. The van der Waals surface area contributed by atoms with Crippen LogP contribution in [0.15, 0.2) is 24.4 Å². The van der Waals surface area contributed by atoms with Crippen LogP contribution in [0.1, 0.15) is 20.8 Å². The van der Waals surface area contributed by atoms with Gasteiger partial charge < -0.3 is 19.6 Å². The van der Waals surface area contributed by atoms with Crippen LogP contribution in [0.2, 0.25) is 5.02 Å². The van der Waals surface area contributed by atoms with E-state index in [-0.39, 0.29) is 27.9 Å². The molecule has 1 saturated heterocycles. The van der Waals surface area contributed by atoms with E-state index < -0.39 is 11.4 Å². The topological polar surface area (TPSA) is 83.7 Å². The first-order chi connectivity index (χ1) is 16.5. The van der Waals surface area contributed by atoms with Crippen molar-refractivity contribution in [1.29, 1.82) is 0 Å². The molecule has 0 aliphatic carbocycles. The minimum atomic E-state index is -0.556. The van der Waals surface area contributed by atoms with Gasteiger partial charge in [0, 0.05) is 61.3 Å². The number of amides is 1. The summed E-state index contributed by atoms with van der Waals surface area (Å²) in [6.07, 6.45) is 1.41. The standard InChI is InChI=1S/C24H25ClFN5O3S/c1-24(2,3)34-23(33)31-7-5-30(6-8-31)22-16-11-17(25)18(19(26)21(16)28-35-22)15-10-14(32)9-13-12-29(4)27-20(13)15/h9-12,32H,5-8H2,1-4H3. The predicted molar refractivity (Wildman–Crippen MR) is 136 cm³/mol. The largest absolute Gasteiger partial charge is 0.508 e. The Morgan fingerprint density at radius 2 is 1.89 bits per heavy atom. The number of hydrogen-bond acceptors (Lipinski definition) is 7. The second-order valence-electron chi connectivity index (χ2n) is 9.62. The van der Waals surface area contributed by atoms with E-state index in [1.54, 1.807) is 35.0 Å². The number of benzene rings is 2. The first-order valence-corrected chi connectivity index (χ1v) is 12.3. The van der Waals surface area contributed by atoms with Crippen LogP contribution in [-0.2, 0) is 11.8 Å². The predicted octanol–water partition coefficient (Wildman–Crippen LogP) is 5.41. The molecule has 1 aliphatic heterocycles. The lowest BCUT2D eigenvalue weighted by atomic mass is 10.0. The zero-order valence-electron chi connectivity index (χ0n) is 19.8. The number of rotatable bonds is 2. The Morgan fingerprint density at radius 1 is 1.17 bits per heavy atom. The number of piperazine rings is 1. The van der Waals surface area contributed by atoms with Crippen molar-refractivity contribution in [1.82, 2.24) is 19.1 Å². The molecule has 5 rings (SSSR count). The van der Waals surface area contributed by atoms with E-state index in [9.17, 15) is 9.90 Å². The van der Waals surface area contributed by atoms with E-state index >= 15 is 4.39 Å². The molecular formula is C24H25ClFN5O3S. The normalized spacial score (nSPS) is 14.8. The lowest BCUT2D eigenvalue weighted by molar-refractivity contribution is 0.0241. The maximum absolute atomic E-state index is 15.8. The molecule has 184 valence electrons. The Labute approximate surface area is 210 Å². The highest BCUT2D eigenvalue weighted by Gasteiger charge is 2.29. The summed E-state index contributed by atoms with van der Waals surface area (Å²) >= 11 is 7.83. The fraction of sp³-hybridized carbons (Fsp3) is 0.375. The van der Waals surface area contributed by atoms with Crippen molar-refractivity contribution in [2.24, 2.45) is 7.05 Å². The Kier molecular flexibility index (Phi) is 5.76. The van der Waals surface area contributed by atoms with Gasteiger partial charge in [0.1, 0.15) is 27.4 Å². The molecular weight excluding hydrogens is 493 g/mol. The van der Waals surface area contributed by atoms with E-state index in [1.807, 2.05) is 20.8 Å². The third kappa shape index (κ3) is 4.36. The molecule has 0 bridgehead atoms. The van der Waals surface area contributed by atoms with E-state index in [0.717, 1.165) is 5.00 Å². The Hall–Kier alpha value is -3.11. The lowest BCUT2D eigenvalue weighted by Crippen LogP contribution is -2.50. The van der Waals surface area contributed by atoms with Crippen LogP contribution >= 0.6 is 23.1 Å². The lowest BCUT2D eigenvalue weighted by Gasteiger charge is -2.36. The van der Waals surface area contributed by atoms with Crippen molar-refractivity contribution in [3.63, 3.8) is 0 Å². The van der Waals surface area contributed by atoms with Crippen LogP contribution in [0.3, 0.4) is 0 Å². The van der Waals surface area contributed by atoms with E-state index in [2.05, 4.69) is 14.4 Å². The number of aromatic nitrogens is 3. The van der Waals surface area contributed by atoms with Gasteiger partial charge in [0.25, 0.3) is 0 Å². The summed E-state index contributed by atoms with van der Waals surface area (Å²) in [6.45, 7) is 7.64. The van der Waals surface area contributed by atoms with Gasteiger partial charge in [-0.2, -0.15) is 9.47 Å². The molecule has 1 N–H and O–H groups in total. The Bertz CT molecular complexity index is 1450. The van der Waals surface area contributed by atoms with Crippen molar-refractivity contribution in [2.45, 2.75) is 26.4 Å². The summed E-state index contributed by atoms with van der Waals surface area (Å²) in [7, 11) is 1.76. The molecule has 2 aromatic carbocycles. The van der Waals surface area contributed by atoms with Gasteiger partial charge in [0.2, 0.25) is 0 Å². The minimum Gasteiger partial charge on any atom is -0.508 e. The van der Waals surface area contributed by atoms with Crippen LogP contribution in [0.5, 0.6) is 5.75 Å². The van der Waals surface area contributed by atoms with E-state index in [1.165, 1.54) is 17.6 Å². The van der Waals surface area contributed by atoms with Crippen LogP contribution in [0.25, 0.3) is 32.9 Å². The highest BCUT2D eigenvalue weighted by molar-refractivity contribution is 7.11. The molecule has 3 heterocycles. The SMILES string of the molecule is Cn1cc2cc(O)cc(-c3c(Cl)cc4c(N5CCN(C(=O)OC(C)(C)C)CC5)snc4c3F)c2n1. The summed E-state index contributed by atoms with van der Waals surface area (Å²) in [4.78, 5) is 16.1. The molecule has 0 unspecified atom stereocenters. The quantitative estimate of drug-likeness (QED) is 0.383. The molecule has 4 aromatic rings. The van der Waals surface area contributed by atoms with Crippen LogP contribution in [0.4, 0.5) is 14.2 Å². The maximum atomic E-state index is 15.8. The van der Waals surface area contributed by atoms with E-state index in [4.69, 9.17) is 16.3 Å². The van der Waals surface area contributed by atoms with Gasteiger partial charge in [-0.25, -0.2) is 9.18 Å². The van der Waals surface area contributed by atoms with Crippen molar-refractivity contribution in [3.8, 4) is 16.9 Å². The number of aromatic hydroxyl groups is 1. The van der Waals surface area contributed by atoms with Gasteiger partial charge in [0.05, 0.1) is 5.02 Å². The zero-order chi connectivity index (χ0) is 25.1. The number of halogens is 2. The number of ether oxygens (including phenoxy) is 1. The van der Waals surface area contributed by atoms with Gasteiger partial charge in [0.15, 0.2) is 5.82 Å². The number of nitrogens with zero attached hydrogens (tertiary/aromatic N) is 5. The number of carbonyl (C=O) groups is 1. The van der Waals surface area contributed by atoms with E-state index in [0.29, 0.717) is 48.0 Å². The minimum absolute atomic E-state index is 0.00195. The first-order valence-electron chi connectivity index (χ1n) is 11.2. The smallest absolute Gasteiger partial charge is 0.410 e. The summed E-state index contributed by atoms with van der Waals surface area (Å²) < 4.78 is 27.3. The average molecular weight is 518 g/mol. The van der Waals surface area contributed by atoms with Gasteiger partial charge >= 0.3 is 6.09 Å². The average Bonchev–Trinajstić information content (AvgIpc) is 3.35. The van der Waals surface area contributed by atoms with Crippen LogP contribution in [-0.4, -0.2) is 62.0 Å². The number of phenolic OH excluding ortho intramolecular Hbond substituents is 1. The summed E-state index contributed by atoms with van der Waals surface area (Å²) in [5.74, 6) is -0.558. The zero-order valence-corrected chi connectivity index (χ0v) is 21.4. The Balaban J connectivity index is 1.47. The summed E-state index contributed by atoms with van der Waals surface area (Å²) in [6, 6.07) is 4.76. The monoisotopic (exact) mass is 517 g/mol. The third-order valence-electron chi connectivity index (χ3n) is 5.84. The summed E-state index contributed by atoms with van der Waals surface area (Å²) in [5, 5.41) is 16.9. The second-order valence-corrected chi connectivity index (χ2v) is 10.8. The third-order valence-corrected chi connectivity index (χ3v) is 7.06.